The second-order valence-corrected chi connectivity index (χ2v) is 6.78. The molecule has 6 heteroatoms. The quantitative estimate of drug-likeness (QED) is 0.414. The molecule has 0 unspecified atom stereocenters. The fourth-order valence-corrected chi connectivity index (χ4v) is 3.42. The maximum atomic E-state index is 12.0. The summed E-state index contributed by atoms with van der Waals surface area (Å²) in [6.45, 7) is 3.83. The third-order valence-corrected chi connectivity index (χ3v) is 5.04. The number of thiophene rings is 1. The van der Waals surface area contributed by atoms with Crippen molar-refractivity contribution in [3.63, 3.8) is 0 Å². The summed E-state index contributed by atoms with van der Waals surface area (Å²) in [5.41, 5.74) is 2.07. The monoisotopic (exact) mass is 370 g/mol. The van der Waals surface area contributed by atoms with Crippen LogP contribution in [0.5, 0.6) is 5.75 Å². The molecular weight excluding hydrogens is 352 g/mol. The molecule has 3 aromatic rings. The summed E-state index contributed by atoms with van der Waals surface area (Å²) in [5, 5.41) is 12.5. The van der Waals surface area contributed by atoms with Gasteiger partial charge in [-0.25, -0.2) is 9.59 Å². The van der Waals surface area contributed by atoms with Gasteiger partial charge < -0.3 is 14.3 Å². The van der Waals surface area contributed by atoms with Crippen molar-refractivity contribution in [2.45, 2.75) is 26.9 Å². The molecule has 0 radical (unpaired) electrons. The minimum absolute atomic E-state index is 0.0530. The molecule has 0 aliphatic rings. The van der Waals surface area contributed by atoms with Crippen LogP contribution in [0.4, 0.5) is 0 Å². The number of aromatic hydroxyl groups is 1. The molecule has 1 aromatic carbocycles. The molecule has 1 N–H and O–H groups in total. The molecule has 2 aromatic heterocycles. The van der Waals surface area contributed by atoms with E-state index in [1.807, 2.05) is 25.3 Å². The van der Waals surface area contributed by atoms with E-state index in [-0.39, 0.29) is 17.9 Å². The topological polar surface area (TPSA) is 76.7 Å². The molecular formula is C20H18O5S. The van der Waals surface area contributed by atoms with Crippen molar-refractivity contribution >= 4 is 34.4 Å². The molecule has 0 bridgehead atoms. The van der Waals surface area contributed by atoms with Gasteiger partial charge in [-0.3, -0.25) is 0 Å². The van der Waals surface area contributed by atoms with Gasteiger partial charge in [0, 0.05) is 34.0 Å². The van der Waals surface area contributed by atoms with Crippen LogP contribution >= 0.6 is 11.3 Å². The molecule has 0 aliphatic heterocycles. The molecule has 5 nitrogen and oxygen atoms in total. The first kappa shape index (κ1) is 17.9. The van der Waals surface area contributed by atoms with Gasteiger partial charge in [-0.2, -0.15) is 0 Å². The van der Waals surface area contributed by atoms with E-state index in [1.54, 1.807) is 23.5 Å². The average Bonchev–Trinajstić information content (AvgIpc) is 3.02. The lowest BCUT2D eigenvalue weighted by molar-refractivity contribution is -0.138. The van der Waals surface area contributed by atoms with Gasteiger partial charge in [0.15, 0.2) is 0 Å². The predicted molar refractivity (Wildman–Crippen MR) is 101 cm³/mol. The highest BCUT2D eigenvalue weighted by Gasteiger charge is 2.11. The molecule has 134 valence electrons. The number of hydrogen-bond acceptors (Lipinski definition) is 6. The lowest BCUT2D eigenvalue weighted by atomic mass is 10.0. The minimum atomic E-state index is -0.558. The first-order valence-corrected chi connectivity index (χ1v) is 9.03. The third kappa shape index (κ3) is 3.86. The van der Waals surface area contributed by atoms with Crippen molar-refractivity contribution in [3.8, 4) is 5.75 Å². The first-order valence-electron chi connectivity index (χ1n) is 8.15. The number of phenolic OH excluding ortho intramolecular Hbond substituents is 1. The highest BCUT2D eigenvalue weighted by atomic mass is 32.1. The summed E-state index contributed by atoms with van der Waals surface area (Å²) >= 11 is 1.54. The Labute approximate surface area is 154 Å². The lowest BCUT2D eigenvalue weighted by Crippen LogP contribution is -2.06. The normalized spacial score (nSPS) is 11.3. The van der Waals surface area contributed by atoms with Crippen LogP contribution in [0.3, 0.4) is 0 Å². The summed E-state index contributed by atoms with van der Waals surface area (Å²) < 4.78 is 10.4. The van der Waals surface area contributed by atoms with E-state index in [1.165, 1.54) is 18.2 Å². The number of benzene rings is 1. The van der Waals surface area contributed by atoms with E-state index in [0.29, 0.717) is 17.4 Å². The Morgan fingerprint density at radius 1 is 1.31 bits per heavy atom. The van der Waals surface area contributed by atoms with Gasteiger partial charge in [0.1, 0.15) is 17.9 Å². The van der Waals surface area contributed by atoms with E-state index >= 15 is 0 Å². The number of esters is 1. The summed E-state index contributed by atoms with van der Waals surface area (Å²) in [6, 6.07) is 6.45. The first-order chi connectivity index (χ1) is 12.5. The Bertz CT molecular complexity index is 1040. The molecule has 0 spiro atoms. The zero-order valence-corrected chi connectivity index (χ0v) is 15.3. The summed E-state index contributed by atoms with van der Waals surface area (Å²) in [7, 11) is 0. The van der Waals surface area contributed by atoms with Gasteiger partial charge in [-0.05, 0) is 48.1 Å². The van der Waals surface area contributed by atoms with Crippen molar-refractivity contribution in [1.29, 1.82) is 0 Å². The highest BCUT2D eigenvalue weighted by Crippen LogP contribution is 2.27. The van der Waals surface area contributed by atoms with E-state index in [0.717, 1.165) is 16.0 Å². The highest BCUT2D eigenvalue weighted by molar-refractivity contribution is 7.11. The Kier molecular flexibility index (Phi) is 5.23. The minimum Gasteiger partial charge on any atom is -0.508 e. The molecule has 0 saturated heterocycles. The van der Waals surface area contributed by atoms with Crippen LogP contribution in [-0.4, -0.2) is 11.1 Å². The predicted octanol–water partition coefficient (Wildman–Crippen LogP) is 4.19. The van der Waals surface area contributed by atoms with Crippen LogP contribution in [0, 0.1) is 6.92 Å². The fourth-order valence-electron chi connectivity index (χ4n) is 2.61. The van der Waals surface area contributed by atoms with Gasteiger partial charge in [0.2, 0.25) is 0 Å². The van der Waals surface area contributed by atoms with Crippen LogP contribution in [0.2, 0.25) is 0 Å². The number of carbonyl (C=O) groups excluding carboxylic acids is 1. The molecule has 26 heavy (non-hydrogen) atoms. The maximum Gasteiger partial charge on any atom is 0.336 e. The lowest BCUT2D eigenvalue weighted by Gasteiger charge is -2.08. The Morgan fingerprint density at radius 2 is 2.12 bits per heavy atom. The van der Waals surface area contributed by atoms with Crippen molar-refractivity contribution in [2.24, 2.45) is 0 Å². The van der Waals surface area contributed by atoms with Crippen molar-refractivity contribution in [1.82, 2.24) is 0 Å². The number of hydrogen-bond donors (Lipinski definition) is 1. The zero-order valence-electron chi connectivity index (χ0n) is 14.4. The van der Waals surface area contributed by atoms with Crippen LogP contribution < -0.4 is 5.63 Å². The van der Waals surface area contributed by atoms with Crippen LogP contribution in [-0.2, 0) is 22.6 Å². The summed E-state index contributed by atoms with van der Waals surface area (Å²) in [6.07, 6.45) is 3.71. The number of rotatable bonds is 5. The van der Waals surface area contributed by atoms with E-state index in [9.17, 15) is 14.7 Å². The average molecular weight is 370 g/mol. The molecule has 0 aliphatic carbocycles. The van der Waals surface area contributed by atoms with E-state index in [4.69, 9.17) is 9.15 Å². The molecule has 0 fully saturated rings. The number of ether oxygens (including phenoxy) is 1. The number of aryl methyl sites for hydroxylation is 2. The number of carbonyl (C=O) groups is 1. The summed E-state index contributed by atoms with van der Waals surface area (Å²) in [4.78, 5) is 24.7. The third-order valence-electron chi connectivity index (χ3n) is 4.05. The molecule has 0 atom stereocenters. The van der Waals surface area contributed by atoms with Gasteiger partial charge in [0.05, 0.1) is 0 Å². The van der Waals surface area contributed by atoms with E-state index < -0.39 is 11.6 Å². The summed E-state index contributed by atoms with van der Waals surface area (Å²) in [5.74, 6) is -0.416. The second-order valence-electron chi connectivity index (χ2n) is 5.83. The van der Waals surface area contributed by atoms with Crippen LogP contribution in [0.25, 0.3) is 17.0 Å². The van der Waals surface area contributed by atoms with Crippen LogP contribution in [0.15, 0.2) is 44.9 Å². The van der Waals surface area contributed by atoms with Gasteiger partial charge >= 0.3 is 11.6 Å². The smallest absolute Gasteiger partial charge is 0.336 e. The van der Waals surface area contributed by atoms with Crippen molar-refractivity contribution in [2.75, 3.05) is 0 Å². The van der Waals surface area contributed by atoms with Crippen LogP contribution in [0.1, 0.15) is 28.5 Å². The van der Waals surface area contributed by atoms with Crippen molar-refractivity contribution < 1.29 is 19.1 Å². The van der Waals surface area contributed by atoms with Crippen molar-refractivity contribution in [3.05, 3.63) is 67.7 Å². The van der Waals surface area contributed by atoms with Gasteiger partial charge in [0.25, 0.3) is 0 Å². The standard InChI is InChI=1S/C20H18O5S/c1-3-13-8-15-14(9-20(23)25-17(15)10-16(13)21)11-24-19(22)5-4-18-12(2)6-7-26-18/h4-10,21H,3,11H2,1-2H3/b5-4+. The molecule has 0 amide bonds. The van der Waals surface area contributed by atoms with Gasteiger partial charge in [-0.1, -0.05) is 6.92 Å². The number of fused-ring (bicyclic) bond motifs is 1. The van der Waals surface area contributed by atoms with Gasteiger partial charge in [-0.15, -0.1) is 11.3 Å². The second kappa shape index (κ2) is 7.58. The molecule has 3 rings (SSSR count). The molecule has 0 saturated carbocycles. The number of phenols is 1. The van der Waals surface area contributed by atoms with E-state index in [2.05, 4.69) is 0 Å². The Balaban J connectivity index is 1.82. The fraction of sp³-hybridized carbons (Fsp3) is 0.200. The SMILES string of the molecule is CCc1cc2c(COC(=O)/C=C/c3sccc3C)cc(=O)oc2cc1O. The Morgan fingerprint density at radius 3 is 2.81 bits per heavy atom. The maximum absolute atomic E-state index is 12.0. The Hall–Kier alpha value is -2.86. The largest absolute Gasteiger partial charge is 0.508 e. The molecule has 2 heterocycles. The zero-order chi connectivity index (χ0) is 18.7.